The quantitative estimate of drug-likeness (QED) is 0.746. The molecule has 0 aliphatic carbocycles. The molecule has 0 saturated carbocycles. The smallest absolute Gasteiger partial charge is 0.256 e. The van der Waals surface area contributed by atoms with Gasteiger partial charge in [-0.3, -0.25) is 4.79 Å². The number of halogens is 1. The number of likely N-dealkylation sites (tertiary alicyclic amines) is 1. The first kappa shape index (κ1) is 12.6. The molecule has 1 aliphatic heterocycles. The zero-order valence-corrected chi connectivity index (χ0v) is 11.8. The van der Waals surface area contributed by atoms with Crippen molar-refractivity contribution >= 4 is 21.8 Å². The number of pyridine rings is 1. The normalized spacial score (nSPS) is 19.1. The fraction of sp³-hybridized carbons (Fsp3) is 0.538. The van der Waals surface area contributed by atoms with Crippen LogP contribution in [0, 0.1) is 5.41 Å². The third-order valence-corrected chi connectivity index (χ3v) is 3.81. The van der Waals surface area contributed by atoms with Crippen LogP contribution in [0.2, 0.25) is 0 Å². The van der Waals surface area contributed by atoms with Crippen molar-refractivity contribution in [2.24, 2.45) is 5.41 Å². The number of carbonyl (C=O) groups excluding carboxylic acids is 1. The minimum atomic E-state index is 0.0813. The lowest BCUT2D eigenvalue weighted by atomic mass is 9.84. The molecule has 0 unspecified atom stereocenters. The Hall–Kier alpha value is -0.900. The molecule has 1 fully saturated rings. The standard InChI is InChI=1S/C13H17BrN2O/c1-13(2)6-4-8-16(9-13)12(17)10-5-3-7-15-11(10)14/h3,5,7H,4,6,8-9H2,1-2H3. The van der Waals surface area contributed by atoms with Crippen LogP contribution in [-0.2, 0) is 0 Å². The minimum Gasteiger partial charge on any atom is -0.338 e. The van der Waals surface area contributed by atoms with Gasteiger partial charge in [0.05, 0.1) is 5.56 Å². The molecule has 92 valence electrons. The summed E-state index contributed by atoms with van der Waals surface area (Å²) in [5, 5.41) is 0. The molecule has 17 heavy (non-hydrogen) atoms. The van der Waals surface area contributed by atoms with Crippen LogP contribution in [0.1, 0.15) is 37.0 Å². The third kappa shape index (κ3) is 2.86. The molecule has 1 aromatic rings. The average Bonchev–Trinajstić information content (AvgIpc) is 2.27. The van der Waals surface area contributed by atoms with Crippen molar-refractivity contribution in [3.05, 3.63) is 28.5 Å². The third-order valence-electron chi connectivity index (χ3n) is 3.18. The lowest BCUT2D eigenvalue weighted by Crippen LogP contribution is -2.43. The molecular weight excluding hydrogens is 280 g/mol. The van der Waals surface area contributed by atoms with Gasteiger partial charge in [0.25, 0.3) is 5.91 Å². The van der Waals surface area contributed by atoms with Crippen LogP contribution >= 0.6 is 15.9 Å². The number of nitrogens with zero attached hydrogens (tertiary/aromatic N) is 2. The predicted octanol–water partition coefficient (Wildman–Crippen LogP) is 3.11. The van der Waals surface area contributed by atoms with Crippen LogP contribution in [0.4, 0.5) is 0 Å². The molecule has 4 heteroatoms. The van der Waals surface area contributed by atoms with Gasteiger partial charge in [0.1, 0.15) is 4.60 Å². The Labute approximate surface area is 110 Å². The second-order valence-electron chi connectivity index (χ2n) is 5.34. The van der Waals surface area contributed by atoms with Crippen LogP contribution in [0.15, 0.2) is 22.9 Å². The zero-order chi connectivity index (χ0) is 12.5. The van der Waals surface area contributed by atoms with Crippen molar-refractivity contribution in [3.63, 3.8) is 0 Å². The second-order valence-corrected chi connectivity index (χ2v) is 6.09. The molecule has 0 aromatic carbocycles. The molecule has 2 heterocycles. The number of piperidine rings is 1. The van der Waals surface area contributed by atoms with Gasteiger partial charge in [-0.15, -0.1) is 0 Å². The van der Waals surface area contributed by atoms with E-state index in [0.717, 1.165) is 19.5 Å². The number of amides is 1. The lowest BCUT2D eigenvalue weighted by molar-refractivity contribution is 0.0582. The number of aromatic nitrogens is 1. The average molecular weight is 297 g/mol. The Morgan fingerprint density at radius 2 is 2.29 bits per heavy atom. The second kappa shape index (κ2) is 4.77. The van der Waals surface area contributed by atoms with Gasteiger partial charge in [-0.05, 0) is 46.3 Å². The highest BCUT2D eigenvalue weighted by atomic mass is 79.9. The summed E-state index contributed by atoms with van der Waals surface area (Å²) in [6.45, 7) is 6.10. The maximum Gasteiger partial charge on any atom is 0.256 e. The summed E-state index contributed by atoms with van der Waals surface area (Å²) in [6.07, 6.45) is 3.95. The van der Waals surface area contributed by atoms with E-state index in [1.54, 1.807) is 12.3 Å². The zero-order valence-electron chi connectivity index (χ0n) is 10.2. The van der Waals surface area contributed by atoms with Crippen molar-refractivity contribution in [2.45, 2.75) is 26.7 Å². The van der Waals surface area contributed by atoms with E-state index in [-0.39, 0.29) is 11.3 Å². The first-order valence-corrected chi connectivity index (χ1v) is 6.69. The highest BCUT2D eigenvalue weighted by molar-refractivity contribution is 9.10. The topological polar surface area (TPSA) is 33.2 Å². The van der Waals surface area contributed by atoms with Crippen LogP contribution < -0.4 is 0 Å². The van der Waals surface area contributed by atoms with E-state index in [1.165, 1.54) is 6.42 Å². The molecule has 1 aliphatic rings. The fourth-order valence-corrected chi connectivity index (χ4v) is 2.73. The molecule has 1 saturated heterocycles. The maximum atomic E-state index is 12.4. The maximum absolute atomic E-state index is 12.4. The van der Waals surface area contributed by atoms with Gasteiger partial charge in [-0.2, -0.15) is 0 Å². The van der Waals surface area contributed by atoms with E-state index in [2.05, 4.69) is 34.8 Å². The Morgan fingerprint density at radius 3 is 2.94 bits per heavy atom. The molecule has 0 atom stereocenters. The van der Waals surface area contributed by atoms with E-state index in [4.69, 9.17) is 0 Å². The van der Waals surface area contributed by atoms with E-state index in [9.17, 15) is 4.79 Å². The molecule has 0 bridgehead atoms. The molecule has 3 nitrogen and oxygen atoms in total. The summed E-state index contributed by atoms with van der Waals surface area (Å²) in [5.41, 5.74) is 0.882. The fourth-order valence-electron chi connectivity index (χ4n) is 2.31. The Bertz CT molecular complexity index is 431. The van der Waals surface area contributed by atoms with E-state index in [0.29, 0.717) is 10.2 Å². The van der Waals surface area contributed by atoms with Crippen molar-refractivity contribution in [1.29, 1.82) is 0 Å². The van der Waals surface area contributed by atoms with Gasteiger partial charge in [0.15, 0.2) is 0 Å². The predicted molar refractivity (Wildman–Crippen MR) is 70.9 cm³/mol. The van der Waals surface area contributed by atoms with Crippen molar-refractivity contribution in [2.75, 3.05) is 13.1 Å². The highest BCUT2D eigenvalue weighted by Gasteiger charge is 2.30. The summed E-state index contributed by atoms with van der Waals surface area (Å²) in [7, 11) is 0. The van der Waals surface area contributed by atoms with Crippen LogP contribution in [0.5, 0.6) is 0 Å². The molecule has 0 N–H and O–H groups in total. The Morgan fingerprint density at radius 1 is 1.53 bits per heavy atom. The van der Waals surface area contributed by atoms with Crippen LogP contribution in [0.25, 0.3) is 0 Å². The van der Waals surface area contributed by atoms with Crippen molar-refractivity contribution in [3.8, 4) is 0 Å². The number of carbonyl (C=O) groups is 1. The molecule has 0 radical (unpaired) electrons. The molecule has 2 rings (SSSR count). The van der Waals surface area contributed by atoms with E-state index >= 15 is 0 Å². The van der Waals surface area contributed by atoms with Gasteiger partial charge in [0.2, 0.25) is 0 Å². The van der Waals surface area contributed by atoms with E-state index < -0.39 is 0 Å². The number of hydrogen-bond acceptors (Lipinski definition) is 2. The van der Waals surface area contributed by atoms with Crippen LogP contribution in [0.3, 0.4) is 0 Å². The van der Waals surface area contributed by atoms with Crippen molar-refractivity contribution < 1.29 is 4.79 Å². The van der Waals surface area contributed by atoms with Gasteiger partial charge >= 0.3 is 0 Å². The summed E-state index contributed by atoms with van der Waals surface area (Å²) in [4.78, 5) is 18.4. The van der Waals surface area contributed by atoms with E-state index in [1.807, 2.05) is 11.0 Å². The van der Waals surface area contributed by atoms with Crippen LogP contribution in [-0.4, -0.2) is 28.9 Å². The molecule has 1 amide bonds. The SMILES string of the molecule is CC1(C)CCCN(C(=O)c2cccnc2Br)C1. The van der Waals surface area contributed by atoms with Gasteiger partial charge in [-0.25, -0.2) is 4.98 Å². The van der Waals surface area contributed by atoms with Crippen molar-refractivity contribution in [1.82, 2.24) is 9.88 Å². The van der Waals surface area contributed by atoms with Gasteiger partial charge < -0.3 is 4.90 Å². The van der Waals surface area contributed by atoms with Gasteiger partial charge in [0, 0.05) is 19.3 Å². The molecular formula is C13H17BrN2O. The number of rotatable bonds is 1. The molecule has 0 spiro atoms. The summed E-state index contributed by atoms with van der Waals surface area (Å²) in [6, 6.07) is 3.62. The Balaban J connectivity index is 2.18. The lowest BCUT2D eigenvalue weighted by Gasteiger charge is -2.38. The largest absolute Gasteiger partial charge is 0.338 e. The summed E-state index contributed by atoms with van der Waals surface area (Å²) < 4.78 is 0.633. The first-order chi connectivity index (χ1) is 7.99. The minimum absolute atomic E-state index is 0.0813. The number of hydrogen-bond donors (Lipinski definition) is 0. The summed E-state index contributed by atoms with van der Waals surface area (Å²) >= 11 is 3.33. The highest BCUT2D eigenvalue weighted by Crippen LogP contribution is 2.29. The molecule has 1 aromatic heterocycles. The summed E-state index contributed by atoms with van der Waals surface area (Å²) in [5.74, 6) is 0.0813. The monoisotopic (exact) mass is 296 g/mol. The Kier molecular flexibility index (Phi) is 3.52. The van der Waals surface area contributed by atoms with Gasteiger partial charge in [-0.1, -0.05) is 13.8 Å². The first-order valence-electron chi connectivity index (χ1n) is 5.89.